The van der Waals surface area contributed by atoms with Crippen LogP contribution >= 0.6 is 11.3 Å². The third kappa shape index (κ3) is 3.56. The average molecular weight is 309 g/mol. The standard InChI is InChI=1S/C14H16FN3O2S/c1-8(9-3-4-12(20-2)10(15)5-9)17-14(19)11-7-21-13(6-16)18-11/h3-5,7-8H,6,16H2,1-2H3,(H,17,19). The van der Waals surface area contributed by atoms with Gasteiger partial charge in [-0.25, -0.2) is 9.37 Å². The van der Waals surface area contributed by atoms with Crippen LogP contribution in [0.2, 0.25) is 0 Å². The molecule has 2 rings (SSSR count). The Kier molecular flexibility index (Phi) is 4.87. The van der Waals surface area contributed by atoms with Crippen molar-refractivity contribution < 1.29 is 13.9 Å². The van der Waals surface area contributed by atoms with Crippen LogP contribution < -0.4 is 15.8 Å². The Labute approximate surface area is 126 Å². The number of thiazole rings is 1. The maximum absolute atomic E-state index is 13.7. The third-order valence-corrected chi connectivity index (χ3v) is 3.85. The van der Waals surface area contributed by atoms with Crippen LogP contribution in [0.5, 0.6) is 5.75 Å². The predicted molar refractivity (Wildman–Crippen MR) is 78.8 cm³/mol. The summed E-state index contributed by atoms with van der Waals surface area (Å²) < 4.78 is 18.5. The number of hydrogen-bond donors (Lipinski definition) is 2. The Morgan fingerprint density at radius 1 is 1.57 bits per heavy atom. The molecule has 1 amide bonds. The Balaban J connectivity index is 2.08. The van der Waals surface area contributed by atoms with Gasteiger partial charge in [0, 0.05) is 11.9 Å². The number of benzene rings is 1. The van der Waals surface area contributed by atoms with E-state index in [4.69, 9.17) is 10.5 Å². The van der Waals surface area contributed by atoms with Gasteiger partial charge in [0.1, 0.15) is 10.7 Å². The molecule has 7 heteroatoms. The highest BCUT2D eigenvalue weighted by Crippen LogP contribution is 2.22. The molecule has 0 bridgehead atoms. The molecule has 0 saturated carbocycles. The molecule has 1 atom stereocenters. The van der Waals surface area contributed by atoms with Gasteiger partial charge in [-0.05, 0) is 24.6 Å². The third-order valence-electron chi connectivity index (χ3n) is 2.98. The molecule has 0 saturated heterocycles. The number of nitrogens with one attached hydrogen (secondary N) is 1. The van der Waals surface area contributed by atoms with Gasteiger partial charge in [0.15, 0.2) is 11.6 Å². The Morgan fingerprint density at radius 3 is 2.90 bits per heavy atom. The first-order valence-electron chi connectivity index (χ1n) is 6.34. The summed E-state index contributed by atoms with van der Waals surface area (Å²) in [4.78, 5) is 16.1. The molecule has 21 heavy (non-hydrogen) atoms. The minimum Gasteiger partial charge on any atom is -0.494 e. The lowest BCUT2D eigenvalue weighted by molar-refractivity contribution is 0.0935. The fourth-order valence-electron chi connectivity index (χ4n) is 1.81. The van der Waals surface area contributed by atoms with Crippen LogP contribution in [0.15, 0.2) is 23.6 Å². The summed E-state index contributed by atoms with van der Waals surface area (Å²) in [6, 6.07) is 4.24. The molecule has 3 N–H and O–H groups in total. The number of methoxy groups -OCH3 is 1. The van der Waals surface area contributed by atoms with Crippen LogP contribution in [0.25, 0.3) is 0 Å². The summed E-state index contributed by atoms with van der Waals surface area (Å²) in [5.74, 6) is -0.603. The SMILES string of the molecule is COc1ccc(C(C)NC(=O)c2csc(CN)n2)cc1F. The van der Waals surface area contributed by atoms with Crippen LogP contribution in [0.3, 0.4) is 0 Å². The van der Waals surface area contributed by atoms with E-state index >= 15 is 0 Å². The second-order valence-corrected chi connectivity index (χ2v) is 5.36. The van der Waals surface area contributed by atoms with Crippen molar-refractivity contribution in [1.29, 1.82) is 0 Å². The fraction of sp³-hybridized carbons (Fsp3) is 0.286. The van der Waals surface area contributed by atoms with E-state index in [-0.39, 0.29) is 17.7 Å². The van der Waals surface area contributed by atoms with Gasteiger partial charge in [-0.1, -0.05) is 6.07 Å². The van der Waals surface area contributed by atoms with Gasteiger partial charge in [0.05, 0.1) is 13.2 Å². The molecule has 0 aliphatic carbocycles. The van der Waals surface area contributed by atoms with Crippen molar-refractivity contribution in [3.05, 3.63) is 45.7 Å². The molecule has 2 aromatic rings. The van der Waals surface area contributed by atoms with Crippen molar-refractivity contribution in [2.75, 3.05) is 7.11 Å². The number of hydrogen-bond acceptors (Lipinski definition) is 5. The van der Waals surface area contributed by atoms with E-state index < -0.39 is 5.82 Å². The van der Waals surface area contributed by atoms with Crippen molar-refractivity contribution in [3.8, 4) is 5.75 Å². The number of ether oxygens (including phenoxy) is 1. The van der Waals surface area contributed by atoms with Gasteiger partial charge < -0.3 is 15.8 Å². The minimum atomic E-state index is -0.463. The van der Waals surface area contributed by atoms with Crippen molar-refractivity contribution in [2.24, 2.45) is 5.73 Å². The smallest absolute Gasteiger partial charge is 0.271 e. The molecule has 0 fully saturated rings. The van der Waals surface area contributed by atoms with Crippen LogP contribution in [0.4, 0.5) is 4.39 Å². The molecular weight excluding hydrogens is 293 g/mol. The lowest BCUT2D eigenvalue weighted by Crippen LogP contribution is -2.27. The number of rotatable bonds is 5. The van der Waals surface area contributed by atoms with Gasteiger partial charge in [-0.3, -0.25) is 4.79 Å². The van der Waals surface area contributed by atoms with E-state index in [1.807, 2.05) is 0 Å². The number of amides is 1. The van der Waals surface area contributed by atoms with E-state index in [9.17, 15) is 9.18 Å². The molecule has 1 heterocycles. The summed E-state index contributed by atoms with van der Waals surface area (Å²) in [5.41, 5.74) is 6.43. The quantitative estimate of drug-likeness (QED) is 0.888. The van der Waals surface area contributed by atoms with Gasteiger partial charge >= 0.3 is 0 Å². The number of carbonyl (C=O) groups excluding carboxylic acids is 1. The normalized spacial score (nSPS) is 12.0. The molecule has 0 spiro atoms. The van der Waals surface area contributed by atoms with Crippen LogP contribution in [-0.4, -0.2) is 18.0 Å². The Hall–Kier alpha value is -1.99. The lowest BCUT2D eigenvalue weighted by atomic mass is 10.1. The van der Waals surface area contributed by atoms with Crippen molar-refractivity contribution in [3.63, 3.8) is 0 Å². The lowest BCUT2D eigenvalue weighted by Gasteiger charge is -2.14. The van der Waals surface area contributed by atoms with Crippen LogP contribution in [0.1, 0.15) is 34.0 Å². The molecule has 112 valence electrons. The largest absolute Gasteiger partial charge is 0.494 e. The highest BCUT2D eigenvalue weighted by molar-refractivity contribution is 7.09. The molecule has 0 aliphatic rings. The van der Waals surface area contributed by atoms with Gasteiger partial charge in [0.25, 0.3) is 5.91 Å². The van der Waals surface area contributed by atoms with E-state index in [0.717, 1.165) is 0 Å². The van der Waals surface area contributed by atoms with E-state index in [1.165, 1.54) is 30.6 Å². The summed E-state index contributed by atoms with van der Waals surface area (Å²) >= 11 is 1.33. The Morgan fingerprint density at radius 2 is 2.33 bits per heavy atom. The number of halogens is 1. The fourth-order valence-corrected chi connectivity index (χ4v) is 2.47. The Bertz CT molecular complexity index is 645. The summed E-state index contributed by atoms with van der Waals surface area (Å²) in [5, 5.41) is 5.12. The first-order chi connectivity index (χ1) is 10.0. The number of aromatic nitrogens is 1. The van der Waals surface area contributed by atoms with Gasteiger partial charge in [-0.15, -0.1) is 11.3 Å². The van der Waals surface area contributed by atoms with E-state index in [2.05, 4.69) is 10.3 Å². The average Bonchev–Trinajstić information content (AvgIpc) is 2.96. The van der Waals surface area contributed by atoms with Crippen molar-refractivity contribution in [2.45, 2.75) is 19.5 Å². The topological polar surface area (TPSA) is 77.2 Å². The second kappa shape index (κ2) is 6.64. The molecule has 0 aliphatic heterocycles. The second-order valence-electron chi connectivity index (χ2n) is 4.42. The zero-order chi connectivity index (χ0) is 15.4. The molecular formula is C14H16FN3O2S. The zero-order valence-corrected chi connectivity index (χ0v) is 12.5. The maximum atomic E-state index is 13.7. The number of nitrogens with two attached hydrogens (primary N) is 1. The molecule has 5 nitrogen and oxygen atoms in total. The number of carbonyl (C=O) groups is 1. The van der Waals surface area contributed by atoms with Crippen LogP contribution in [0, 0.1) is 5.82 Å². The summed E-state index contributed by atoms with van der Waals surface area (Å²) in [7, 11) is 1.40. The van der Waals surface area contributed by atoms with Crippen LogP contribution in [-0.2, 0) is 6.54 Å². The van der Waals surface area contributed by atoms with E-state index in [0.29, 0.717) is 22.8 Å². The maximum Gasteiger partial charge on any atom is 0.271 e. The monoisotopic (exact) mass is 309 g/mol. The minimum absolute atomic E-state index is 0.171. The van der Waals surface area contributed by atoms with Gasteiger partial charge in [-0.2, -0.15) is 0 Å². The summed E-state index contributed by atoms with van der Waals surface area (Å²) in [6.45, 7) is 2.08. The molecule has 1 unspecified atom stereocenters. The first-order valence-corrected chi connectivity index (χ1v) is 7.22. The van der Waals surface area contributed by atoms with E-state index in [1.54, 1.807) is 18.4 Å². The van der Waals surface area contributed by atoms with Gasteiger partial charge in [0.2, 0.25) is 0 Å². The highest BCUT2D eigenvalue weighted by Gasteiger charge is 2.15. The molecule has 1 aromatic carbocycles. The zero-order valence-electron chi connectivity index (χ0n) is 11.7. The predicted octanol–water partition coefficient (Wildman–Crippen LogP) is 2.24. The molecule has 0 radical (unpaired) electrons. The molecule has 1 aromatic heterocycles. The van der Waals surface area contributed by atoms with Crippen molar-refractivity contribution in [1.82, 2.24) is 10.3 Å². The summed E-state index contributed by atoms with van der Waals surface area (Å²) in [6.07, 6.45) is 0. The van der Waals surface area contributed by atoms with Crippen molar-refractivity contribution >= 4 is 17.2 Å². The first kappa shape index (κ1) is 15.4. The number of nitrogens with zero attached hydrogens (tertiary/aromatic N) is 1. The highest BCUT2D eigenvalue weighted by atomic mass is 32.1.